The van der Waals surface area contributed by atoms with Crippen molar-refractivity contribution >= 4 is 31.9 Å². The predicted octanol–water partition coefficient (Wildman–Crippen LogP) is 3.96. The van der Waals surface area contributed by atoms with Gasteiger partial charge in [-0.15, -0.1) is 0 Å². The van der Waals surface area contributed by atoms with Gasteiger partial charge in [0, 0.05) is 20.8 Å². The summed E-state index contributed by atoms with van der Waals surface area (Å²) < 4.78 is 2.03. The fourth-order valence-corrected chi connectivity index (χ4v) is 2.89. The van der Waals surface area contributed by atoms with Crippen LogP contribution in [0.4, 0.5) is 0 Å². The number of nitrogens with two attached hydrogens (primary N) is 1. The number of benzene rings is 1. The molecule has 0 aliphatic carbocycles. The topological polar surface area (TPSA) is 38.9 Å². The third-order valence-corrected chi connectivity index (χ3v) is 3.77. The maximum atomic E-state index is 6.23. The van der Waals surface area contributed by atoms with Gasteiger partial charge >= 0.3 is 0 Å². The van der Waals surface area contributed by atoms with E-state index in [2.05, 4.69) is 36.8 Å². The van der Waals surface area contributed by atoms with Gasteiger partial charge in [-0.3, -0.25) is 4.98 Å². The van der Waals surface area contributed by atoms with Crippen LogP contribution in [0.15, 0.2) is 45.5 Å². The van der Waals surface area contributed by atoms with Gasteiger partial charge in [0.15, 0.2) is 0 Å². The number of hydrogen-bond donors (Lipinski definition) is 1. The van der Waals surface area contributed by atoms with E-state index in [1.54, 1.807) is 0 Å². The summed E-state index contributed by atoms with van der Waals surface area (Å²) in [4.78, 5) is 4.27. The summed E-state index contributed by atoms with van der Waals surface area (Å²) in [7, 11) is 0. The normalized spacial score (nSPS) is 12.5. The quantitative estimate of drug-likeness (QED) is 0.885. The highest BCUT2D eigenvalue weighted by molar-refractivity contribution is 9.11. The maximum Gasteiger partial charge on any atom is 0.0578 e. The zero-order valence-corrected chi connectivity index (χ0v) is 12.5. The van der Waals surface area contributed by atoms with Crippen LogP contribution in [0.1, 0.15) is 22.9 Å². The first kappa shape index (κ1) is 12.7. The van der Waals surface area contributed by atoms with E-state index in [1.807, 2.05) is 43.5 Å². The molecule has 0 fully saturated rings. The van der Waals surface area contributed by atoms with Crippen molar-refractivity contribution in [3.05, 3.63) is 62.3 Å². The smallest absolute Gasteiger partial charge is 0.0578 e. The molecule has 0 amide bonds. The Kier molecular flexibility index (Phi) is 3.97. The van der Waals surface area contributed by atoms with E-state index in [-0.39, 0.29) is 6.04 Å². The van der Waals surface area contributed by atoms with E-state index in [1.165, 1.54) is 0 Å². The number of aryl methyl sites for hydroxylation is 1. The Morgan fingerprint density at radius 2 is 1.94 bits per heavy atom. The molecule has 1 unspecified atom stereocenters. The van der Waals surface area contributed by atoms with Crippen LogP contribution < -0.4 is 5.73 Å². The van der Waals surface area contributed by atoms with Crippen LogP contribution in [0.3, 0.4) is 0 Å². The summed E-state index contributed by atoms with van der Waals surface area (Å²) >= 11 is 6.96. The van der Waals surface area contributed by atoms with Crippen LogP contribution in [0, 0.1) is 6.92 Å². The third kappa shape index (κ3) is 2.94. The lowest BCUT2D eigenvalue weighted by atomic mass is 10.0. The lowest BCUT2D eigenvalue weighted by Gasteiger charge is -2.14. The van der Waals surface area contributed by atoms with Crippen molar-refractivity contribution in [1.82, 2.24) is 4.98 Å². The van der Waals surface area contributed by atoms with Gasteiger partial charge in [0.2, 0.25) is 0 Å². The van der Waals surface area contributed by atoms with Gasteiger partial charge in [-0.1, -0.05) is 44.0 Å². The number of nitrogens with zero attached hydrogens (tertiary/aromatic N) is 1. The minimum Gasteiger partial charge on any atom is -0.320 e. The van der Waals surface area contributed by atoms with E-state index in [9.17, 15) is 0 Å². The standard InChI is InChI=1S/C13H12Br2N2/c1-8-2-3-9(7-17-8)13(16)11-5-4-10(14)6-12(11)15/h2-7,13H,16H2,1H3. The molecular weight excluding hydrogens is 344 g/mol. The average molecular weight is 356 g/mol. The molecule has 1 heterocycles. The van der Waals surface area contributed by atoms with Crippen molar-refractivity contribution in [3.8, 4) is 0 Å². The predicted molar refractivity (Wildman–Crippen MR) is 76.8 cm³/mol. The molecule has 1 atom stereocenters. The lowest BCUT2D eigenvalue weighted by molar-refractivity contribution is 0.855. The van der Waals surface area contributed by atoms with Crippen molar-refractivity contribution in [2.75, 3.05) is 0 Å². The van der Waals surface area contributed by atoms with Crippen molar-refractivity contribution in [3.63, 3.8) is 0 Å². The molecule has 2 aromatic rings. The molecule has 1 aromatic carbocycles. The van der Waals surface area contributed by atoms with Crippen molar-refractivity contribution < 1.29 is 0 Å². The molecule has 88 valence electrons. The molecule has 4 heteroatoms. The summed E-state index contributed by atoms with van der Waals surface area (Å²) in [5.74, 6) is 0. The Labute approximate surface area is 118 Å². The number of pyridine rings is 1. The molecule has 17 heavy (non-hydrogen) atoms. The number of aromatic nitrogens is 1. The third-order valence-electron chi connectivity index (χ3n) is 2.59. The van der Waals surface area contributed by atoms with Gasteiger partial charge in [-0.2, -0.15) is 0 Å². The Morgan fingerprint density at radius 3 is 2.53 bits per heavy atom. The largest absolute Gasteiger partial charge is 0.320 e. The fourth-order valence-electron chi connectivity index (χ4n) is 1.60. The Bertz CT molecular complexity index is 523. The Hall–Kier alpha value is -0.710. The van der Waals surface area contributed by atoms with E-state index in [4.69, 9.17) is 5.73 Å². The first-order chi connectivity index (χ1) is 8.08. The molecule has 0 radical (unpaired) electrons. The molecule has 0 aliphatic heterocycles. The summed E-state index contributed by atoms with van der Waals surface area (Å²) in [6, 6.07) is 9.83. The van der Waals surface area contributed by atoms with E-state index >= 15 is 0 Å². The van der Waals surface area contributed by atoms with Crippen LogP contribution >= 0.6 is 31.9 Å². The second kappa shape index (κ2) is 5.29. The first-order valence-corrected chi connectivity index (χ1v) is 6.79. The fraction of sp³-hybridized carbons (Fsp3) is 0.154. The molecule has 0 saturated carbocycles. The SMILES string of the molecule is Cc1ccc(C(N)c2ccc(Br)cc2Br)cn1. The highest BCUT2D eigenvalue weighted by atomic mass is 79.9. The molecule has 0 bridgehead atoms. The van der Waals surface area contributed by atoms with E-state index in [0.29, 0.717) is 0 Å². The van der Waals surface area contributed by atoms with Gasteiger partial charge in [0.25, 0.3) is 0 Å². The highest BCUT2D eigenvalue weighted by Crippen LogP contribution is 2.29. The summed E-state index contributed by atoms with van der Waals surface area (Å²) in [5, 5.41) is 0. The van der Waals surface area contributed by atoms with Crippen LogP contribution in [0.25, 0.3) is 0 Å². The average Bonchev–Trinajstić information content (AvgIpc) is 2.29. The molecule has 2 rings (SSSR count). The number of rotatable bonds is 2. The van der Waals surface area contributed by atoms with Crippen LogP contribution in [-0.2, 0) is 0 Å². The number of hydrogen-bond acceptors (Lipinski definition) is 2. The minimum atomic E-state index is -0.162. The van der Waals surface area contributed by atoms with Gasteiger partial charge in [-0.05, 0) is 36.2 Å². The zero-order chi connectivity index (χ0) is 12.4. The summed E-state index contributed by atoms with van der Waals surface area (Å²) in [6.07, 6.45) is 1.83. The van der Waals surface area contributed by atoms with Gasteiger partial charge < -0.3 is 5.73 Å². The van der Waals surface area contributed by atoms with Gasteiger partial charge in [-0.25, -0.2) is 0 Å². The summed E-state index contributed by atoms with van der Waals surface area (Å²) in [5.41, 5.74) is 9.30. The van der Waals surface area contributed by atoms with E-state index in [0.717, 1.165) is 25.8 Å². The zero-order valence-electron chi connectivity index (χ0n) is 9.32. The molecule has 2 N–H and O–H groups in total. The first-order valence-electron chi connectivity index (χ1n) is 5.21. The molecule has 2 nitrogen and oxygen atoms in total. The molecular formula is C13H12Br2N2. The monoisotopic (exact) mass is 354 g/mol. The second-order valence-corrected chi connectivity index (χ2v) is 5.65. The van der Waals surface area contributed by atoms with Crippen LogP contribution in [-0.4, -0.2) is 4.98 Å². The van der Waals surface area contributed by atoms with Crippen molar-refractivity contribution in [2.45, 2.75) is 13.0 Å². The van der Waals surface area contributed by atoms with Gasteiger partial charge in [0.1, 0.15) is 0 Å². The number of halogens is 2. The van der Waals surface area contributed by atoms with E-state index < -0.39 is 0 Å². The van der Waals surface area contributed by atoms with Crippen LogP contribution in [0.2, 0.25) is 0 Å². The van der Waals surface area contributed by atoms with Gasteiger partial charge in [0.05, 0.1) is 6.04 Å². The second-order valence-electron chi connectivity index (χ2n) is 3.88. The Balaban J connectivity index is 2.36. The van der Waals surface area contributed by atoms with Crippen molar-refractivity contribution in [2.24, 2.45) is 5.73 Å². The lowest BCUT2D eigenvalue weighted by Crippen LogP contribution is -2.12. The van der Waals surface area contributed by atoms with Crippen molar-refractivity contribution in [1.29, 1.82) is 0 Å². The Morgan fingerprint density at radius 1 is 1.18 bits per heavy atom. The molecule has 0 aliphatic rings. The molecule has 0 saturated heterocycles. The molecule has 1 aromatic heterocycles. The minimum absolute atomic E-state index is 0.162. The summed E-state index contributed by atoms with van der Waals surface area (Å²) in [6.45, 7) is 1.96. The van der Waals surface area contributed by atoms with Crippen LogP contribution in [0.5, 0.6) is 0 Å². The highest BCUT2D eigenvalue weighted by Gasteiger charge is 2.12. The maximum absolute atomic E-state index is 6.23. The molecule has 0 spiro atoms.